The van der Waals surface area contributed by atoms with Crippen molar-refractivity contribution < 1.29 is 14.9 Å². The standard InChI is InChI=1S/C31H52O3/c1-19-9-14-31(18-32)16-15-29(6)21(25(31)20(19)2)17-22(34-8)26-28(5)12-11-24(33)27(3,4)23(28)10-13-30(26,29)7/h17,19-20,22-26,32-33H,9-16,18H2,1-8H3/t19-,20+,22-,23+,24+,25+,26-,28+,29-,30-,31-/m1/s1. The van der Waals surface area contributed by atoms with Crippen LogP contribution >= 0.6 is 0 Å². The summed E-state index contributed by atoms with van der Waals surface area (Å²) in [6.07, 6.45) is 11.7. The molecule has 0 amide bonds. The third kappa shape index (κ3) is 2.93. The van der Waals surface area contributed by atoms with Crippen molar-refractivity contribution in [1.29, 1.82) is 0 Å². The minimum atomic E-state index is -0.203. The predicted molar refractivity (Wildman–Crippen MR) is 138 cm³/mol. The van der Waals surface area contributed by atoms with Gasteiger partial charge in [-0.3, -0.25) is 0 Å². The van der Waals surface area contributed by atoms with Gasteiger partial charge in [-0.15, -0.1) is 0 Å². The molecule has 0 bridgehead atoms. The summed E-state index contributed by atoms with van der Waals surface area (Å²) in [7, 11) is 1.93. The first-order valence-corrected chi connectivity index (χ1v) is 14.4. The molecule has 5 aliphatic carbocycles. The molecule has 0 unspecified atom stereocenters. The summed E-state index contributed by atoms with van der Waals surface area (Å²) in [5, 5.41) is 21.8. The molecular weight excluding hydrogens is 420 g/mol. The fourth-order valence-corrected chi connectivity index (χ4v) is 11.2. The molecule has 3 nitrogen and oxygen atoms in total. The molecule has 0 aromatic rings. The van der Waals surface area contributed by atoms with E-state index in [4.69, 9.17) is 4.74 Å². The zero-order valence-corrected chi connectivity index (χ0v) is 23.3. The lowest BCUT2D eigenvalue weighted by Crippen LogP contribution is -2.68. The number of rotatable bonds is 2. The lowest BCUT2D eigenvalue weighted by molar-refractivity contribution is -0.230. The molecule has 0 aromatic heterocycles. The topological polar surface area (TPSA) is 49.7 Å². The lowest BCUT2D eigenvalue weighted by Gasteiger charge is -2.72. The third-order valence-corrected chi connectivity index (χ3v) is 13.7. The summed E-state index contributed by atoms with van der Waals surface area (Å²) >= 11 is 0. The average molecular weight is 473 g/mol. The van der Waals surface area contributed by atoms with Crippen molar-refractivity contribution in [1.82, 2.24) is 0 Å². The molecule has 0 aliphatic heterocycles. The van der Waals surface area contributed by atoms with Crippen LogP contribution < -0.4 is 0 Å². The summed E-state index contributed by atoms with van der Waals surface area (Å²) in [5.74, 6) is 2.74. The molecule has 5 rings (SSSR count). The first-order chi connectivity index (χ1) is 15.8. The van der Waals surface area contributed by atoms with E-state index in [1.54, 1.807) is 5.57 Å². The Hall–Kier alpha value is -0.380. The normalized spacial score (nSPS) is 56.4. The molecular formula is C31H52O3. The van der Waals surface area contributed by atoms with Crippen molar-refractivity contribution in [2.24, 2.45) is 56.7 Å². The number of allylic oxidation sites excluding steroid dienone is 1. The van der Waals surface area contributed by atoms with Gasteiger partial charge in [0.15, 0.2) is 0 Å². The van der Waals surface area contributed by atoms with Crippen LogP contribution in [0.15, 0.2) is 11.6 Å². The summed E-state index contributed by atoms with van der Waals surface area (Å²) in [6.45, 7) is 17.6. The van der Waals surface area contributed by atoms with E-state index >= 15 is 0 Å². The molecule has 0 radical (unpaired) electrons. The molecule has 0 spiro atoms. The molecule has 34 heavy (non-hydrogen) atoms. The van der Waals surface area contributed by atoms with Crippen LogP contribution in [0.1, 0.15) is 99.8 Å². The van der Waals surface area contributed by atoms with Gasteiger partial charge < -0.3 is 14.9 Å². The number of ether oxygens (including phenoxy) is 1. The maximum absolute atomic E-state index is 11.0. The monoisotopic (exact) mass is 472 g/mol. The fourth-order valence-electron chi connectivity index (χ4n) is 11.2. The highest BCUT2D eigenvalue weighted by Crippen LogP contribution is 2.75. The zero-order valence-electron chi connectivity index (χ0n) is 23.3. The van der Waals surface area contributed by atoms with E-state index < -0.39 is 0 Å². The number of aliphatic hydroxyl groups excluding tert-OH is 2. The minimum absolute atomic E-state index is 0.0521. The van der Waals surface area contributed by atoms with Gasteiger partial charge in [0.1, 0.15) is 0 Å². The highest BCUT2D eigenvalue weighted by molar-refractivity contribution is 5.36. The number of fused-ring (bicyclic) bond motifs is 7. The van der Waals surface area contributed by atoms with Crippen LogP contribution in [0.25, 0.3) is 0 Å². The van der Waals surface area contributed by atoms with Crippen LogP contribution in [0.2, 0.25) is 0 Å². The summed E-state index contributed by atoms with van der Waals surface area (Å²) in [5.41, 5.74) is 2.12. The van der Waals surface area contributed by atoms with Crippen molar-refractivity contribution in [3.8, 4) is 0 Å². The quantitative estimate of drug-likeness (QED) is 0.444. The van der Waals surface area contributed by atoms with Crippen molar-refractivity contribution in [2.75, 3.05) is 13.7 Å². The maximum atomic E-state index is 11.0. The first kappa shape index (κ1) is 25.3. The van der Waals surface area contributed by atoms with Crippen molar-refractivity contribution in [3.05, 3.63) is 11.6 Å². The fraction of sp³-hybridized carbons (Fsp3) is 0.935. The van der Waals surface area contributed by atoms with Crippen LogP contribution in [0.4, 0.5) is 0 Å². The van der Waals surface area contributed by atoms with Gasteiger partial charge in [0.05, 0.1) is 12.2 Å². The first-order valence-electron chi connectivity index (χ1n) is 14.4. The Balaban J connectivity index is 1.67. The molecule has 11 atom stereocenters. The van der Waals surface area contributed by atoms with Crippen LogP contribution in [-0.4, -0.2) is 36.1 Å². The highest BCUT2D eigenvalue weighted by Gasteiger charge is 2.70. The minimum Gasteiger partial charge on any atom is -0.396 e. The number of hydrogen-bond acceptors (Lipinski definition) is 3. The van der Waals surface area contributed by atoms with Gasteiger partial charge in [0.2, 0.25) is 0 Å². The molecule has 4 saturated carbocycles. The summed E-state index contributed by atoms with van der Waals surface area (Å²) in [4.78, 5) is 0. The Kier molecular flexibility index (Phi) is 5.81. The largest absolute Gasteiger partial charge is 0.396 e. The van der Waals surface area contributed by atoms with Crippen LogP contribution in [0, 0.1) is 56.7 Å². The van der Waals surface area contributed by atoms with Crippen LogP contribution in [0.5, 0.6) is 0 Å². The molecule has 4 fully saturated rings. The van der Waals surface area contributed by atoms with Crippen molar-refractivity contribution >= 4 is 0 Å². The SMILES string of the molecule is CO[C@@H]1C=C2[C@@H]3[C@@H](C)[C@H](C)CC[C@]3(CO)CC[C@@]2(C)[C@]2(C)CC[C@H]3C(C)(C)[C@@H](O)CC[C@]3(C)[C@@H]12. The van der Waals surface area contributed by atoms with E-state index in [2.05, 4.69) is 54.5 Å². The Morgan fingerprint density at radius 1 is 0.941 bits per heavy atom. The van der Waals surface area contributed by atoms with Gasteiger partial charge in [0.25, 0.3) is 0 Å². The Bertz CT molecular complexity index is 848. The summed E-state index contributed by atoms with van der Waals surface area (Å²) < 4.78 is 6.44. The smallest absolute Gasteiger partial charge is 0.0793 e. The molecule has 2 N–H and O–H groups in total. The Morgan fingerprint density at radius 2 is 1.65 bits per heavy atom. The maximum Gasteiger partial charge on any atom is 0.0793 e. The third-order valence-electron chi connectivity index (χ3n) is 13.7. The van der Waals surface area contributed by atoms with Crippen molar-refractivity contribution in [2.45, 2.75) is 112 Å². The second kappa shape index (κ2) is 7.81. The number of aliphatic hydroxyl groups is 2. The predicted octanol–water partition coefficient (Wildman–Crippen LogP) is 6.62. The van der Waals surface area contributed by atoms with E-state index in [9.17, 15) is 10.2 Å². The van der Waals surface area contributed by atoms with Gasteiger partial charge in [-0.2, -0.15) is 0 Å². The summed E-state index contributed by atoms with van der Waals surface area (Å²) in [6, 6.07) is 0. The van der Waals surface area contributed by atoms with Crippen LogP contribution in [-0.2, 0) is 4.74 Å². The molecule has 0 heterocycles. The zero-order chi connectivity index (χ0) is 24.9. The van der Waals surface area contributed by atoms with Crippen molar-refractivity contribution in [3.63, 3.8) is 0 Å². The van der Waals surface area contributed by atoms with E-state index in [1.807, 2.05) is 7.11 Å². The second-order valence-electron chi connectivity index (χ2n) is 14.9. The molecule has 194 valence electrons. The number of hydrogen-bond donors (Lipinski definition) is 2. The van der Waals surface area contributed by atoms with E-state index in [1.165, 1.54) is 25.7 Å². The number of methoxy groups -OCH3 is 1. The molecule has 5 aliphatic rings. The second-order valence-corrected chi connectivity index (χ2v) is 14.9. The lowest BCUT2D eigenvalue weighted by atomic mass is 9.33. The van der Waals surface area contributed by atoms with Gasteiger partial charge in [-0.05, 0) is 96.7 Å². The molecule has 3 heteroatoms. The highest BCUT2D eigenvalue weighted by atomic mass is 16.5. The van der Waals surface area contributed by atoms with E-state index in [-0.39, 0.29) is 39.3 Å². The van der Waals surface area contributed by atoms with E-state index in [0.717, 1.165) is 25.7 Å². The molecule has 0 aromatic carbocycles. The average Bonchev–Trinajstić information content (AvgIpc) is 2.79. The Labute approximate surface area is 209 Å². The van der Waals surface area contributed by atoms with Crippen LogP contribution in [0.3, 0.4) is 0 Å². The van der Waals surface area contributed by atoms with Gasteiger partial charge in [-0.25, -0.2) is 0 Å². The Morgan fingerprint density at radius 3 is 2.29 bits per heavy atom. The van der Waals surface area contributed by atoms with Gasteiger partial charge >= 0.3 is 0 Å². The van der Waals surface area contributed by atoms with Gasteiger partial charge in [0, 0.05) is 25.0 Å². The molecule has 0 saturated heterocycles. The van der Waals surface area contributed by atoms with E-state index in [0.29, 0.717) is 36.2 Å². The van der Waals surface area contributed by atoms with Gasteiger partial charge in [-0.1, -0.05) is 60.1 Å².